The Morgan fingerprint density at radius 2 is 1.84 bits per heavy atom. The molecule has 0 saturated carbocycles. The lowest BCUT2D eigenvalue weighted by Gasteiger charge is -2.15. The van der Waals surface area contributed by atoms with Crippen LogP contribution < -0.4 is 15.4 Å². The SMILES string of the molecule is Cn1c(Nc2nc3ccc(OC(F)(F)F)cc3s2)nc2cc(C(=O)NCC(=O)N3C[C@H](O)[C@@H](O)C3)ccc21. The van der Waals surface area contributed by atoms with Crippen molar-refractivity contribution in [1.29, 1.82) is 0 Å². The molecule has 1 saturated heterocycles. The molecule has 1 aliphatic heterocycles. The number of ether oxygens (including phenoxy) is 1. The molecule has 4 aromatic rings. The number of rotatable bonds is 6. The highest BCUT2D eigenvalue weighted by Gasteiger charge is 2.33. The average Bonchev–Trinajstić information content (AvgIpc) is 3.50. The van der Waals surface area contributed by atoms with Gasteiger partial charge in [0.1, 0.15) is 5.75 Å². The maximum Gasteiger partial charge on any atom is 0.573 e. The number of anilines is 2. The Morgan fingerprint density at radius 1 is 1.11 bits per heavy atom. The maximum atomic E-state index is 12.6. The fourth-order valence-electron chi connectivity index (χ4n) is 4.05. The van der Waals surface area contributed by atoms with Crippen molar-refractivity contribution >= 4 is 55.5 Å². The standard InChI is InChI=1S/C23H21F3N6O5S/c1-31-15-5-2-11(20(36)27-8-19(35)32-9-16(33)17(34)10-32)6-14(15)28-21(31)30-22-29-13-4-3-12(7-18(13)38-22)37-23(24,25)26/h2-7,16-17,33-34H,8-10H2,1H3,(H,27,36)(H,28,29,30)/t16-,17-/m0/s1. The van der Waals surface area contributed by atoms with Crippen molar-refractivity contribution in [2.45, 2.75) is 18.6 Å². The molecule has 0 aliphatic carbocycles. The smallest absolute Gasteiger partial charge is 0.406 e. The summed E-state index contributed by atoms with van der Waals surface area (Å²) in [4.78, 5) is 35.0. The van der Waals surface area contributed by atoms with Crippen molar-refractivity contribution in [2.75, 3.05) is 25.0 Å². The minimum absolute atomic E-state index is 0.00268. The van der Waals surface area contributed by atoms with Crippen molar-refractivity contribution in [3.8, 4) is 5.75 Å². The number of aryl methyl sites for hydroxylation is 1. The number of fused-ring (bicyclic) bond motifs is 2. The molecule has 0 radical (unpaired) electrons. The fraction of sp³-hybridized carbons (Fsp3) is 0.304. The zero-order valence-corrected chi connectivity index (χ0v) is 20.5. The van der Waals surface area contributed by atoms with Crippen molar-refractivity contribution in [3.63, 3.8) is 0 Å². The van der Waals surface area contributed by atoms with E-state index in [4.69, 9.17) is 0 Å². The lowest BCUT2D eigenvalue weighted by molar-refractivity contribution is -0.274. The van der Waals surface area contributed by atoms with Gasteiger partial charge < -0.3 is 35.1 Å². The van der Waals surface area contributed by atoms with Crippen LogP contribution in [0.3, 0.4) is 0 Å². The molecule has 0 spiro atoms. The van der Waals surface area contributed by atoms with E-state index in [2.05, 4.69) is 25.3 Å². The molecule has 1 fully saturated rings. The van der Waals surface area contributed by atoms with Gasteiger partial charge in [-0.1, -0.05) is 11.3 Å². The van der Waals surface area contributed by atoms with Crippen LogP contribution in [0.1, 0.15) is 10.4 Å². The van der Waals surface area contributed by atoms with Gasteiger partial charge in [-0.05, 0) is 30.3 Å². The molecule has 200 valence electrons. The summed E-state index contributed by atoms with van der Waals surface area (Å²) in [7, 11) is 1.75. The Balaban J connectivity index is 1.28. The molecule has 0 unspecified atom stereocenters. The maximum absolute atomic E-state index is 12.6. The molecule has 15 heteroatoms. The predicted octanol–water partition coefficient (Wildman–Crippen LogP) is 2.12. The number of alkyl halides is 3. The molecule has 2 aromatic carbocycles. The number of nitrogens with zero attached hydrogens (tertiary/aromatic N) is 4. The van der Waals surface area contributed by atoms with E-state index < -0.39 is 30.4 Å². The predicted molar refractivity (Wildman–Crippen MR) is 131 cm³/mol. The average molecular weight is 551 g/mol. The number of benzene rings is 2. The third kappa shape index (κ3) is 5.34. The number of amides is 2. The number of hydrogen-bond donors (Lipinski definition) is 4. The van der Waals surface area contributed by atoms with Gasteiger partial charge in [0, 0.05) is 31.8 Å². The summed E-state index contributed by atoms with van der Waals surface area (Å²) >= 11 is 1.12. The second kappa shape index (κ2) is 9.74. The molecule has 1 aliphatic rings. The van der Waals surface area contributed by atoms with Crippen LogP contribution in [-0.2, 0) is 11.8 Å². The third-order valence-corrected chi connectivity index (χ3v) is 6.90. The Hall–Kier alpha value is -3.95. The lowest BCUT2D eigenvalue weighted by Crippen LogP contribution is -2.39. The Morgan fingerprint density at radius 3 is 2.55 bits per heavy atom. The first-order valence-electron chi connectivity index (χ1n) is 11.3. The summed E-state index contributed by atoms with van der Waals surface area (Å²) in [5.74, 6) is -0.869. The van der Waals surface area contributed by atoms with Crippen molar-refractivity contribution < 1.29 is 37.7 Å². The monoisotopic (exact) mass is 550 g/mol. The molecule has 0 bridgehead atoms. The van der Waals surface area contributed by atoms with Crippen LogP contribution in [-0.4, -0.2) is 79.7 Å². The molecule has 4 N–H and O–H groups in total. The second-order valence-electron chi connectivity index (χ2n) is 8.64. The van der Waals surface area contributed by atoms with Gasteiger partial charge >= 0.3 is 6.36 Å². The zero-order chi connectivity index (χ0) is 27.2. The number of halogens is 3. The summed E-state index contributed by atoms with van der Waals surface area (Å²) in [5, 5.41) is 25.2. The van der Waals surface area contributed by atoms with Crippen molar-refractivity contribution in [3.05, 3.63) is 42.0 Å². The highest BCUT2D eigenvalue weighted by atomic mass is 32.1. The van der Waals surface area contributed by atoms with Crippen LogP contribution in [0.15, 0.2) is 36.4 Å². The molecule has 2 atom stereocenters. The first kappa shape index (κ1) is 25.7. The van der Waals surface area contributed by atoms with E-state index in [1.807, 2.05) is 0 Å². The van der Waals surface area contributed by atoms with Gasteiger partial charge in [-0.15, -0.1) is 13.2 Å². The number of likely N-dealkylation sites (tertiary alicyclic amines) is 1. The number of thiazole rings is 1. The number of nitrogens with one attached hydrogen (secondary N) is 2. The number of carbonyl (C=O) groups is 2. The number of aliphatic hydroxyl groups excluding tert-OH is 2. The van der Waals surface area contributed by atoms with Gasteiger partial charge in [-0.2, -0.15) is 0 Å². The minimum Gasteiger partial charge on any atom is -0.406 e. The van der Waals surface area contributed by atoms with E-state index in [0.29, 0.717) is 32.3 Å². The molecule has 38 heavy (non-hydrogen) atoms. The summed E-state index contributed by atoms with van der Waals surface area (Å²) in [6.45, 7) is -0.288. The largest absolute Gasteiger partial charge is 0.573 e. The Kier molecular flexibility index (Phi) is 6.58. The number of aromatic nitrogens is 3. The zero-order valence-electron chi connectivity index (χ0n) is 19.7. The molecule has 11 nitrogen and oxygen atoms in total. The van der Waals surface area contributed by atoms with Crippen molar-refractivity contribution in [2.24, 2.45) is 7.05 Å². The van der Waals surface area contributed by atoms with Crippen molar-refractivity contribution in [1.82, 2.24) is 24.8 Å². The van der Waals surface area contributed by atoms with Gasteiger partial charge in [0.2, 0.25) is 11.9 Å². The van der Waals surface area contributed by atoms with Gasteiger partial charge in [0.25, 0.3) is 5.91 Å². The normalized spacial score (nSPS) is 17.8. The molecular weight excluding hydrogens is 529 g/mol. The first-order chi connectivity index (χ1) is 18.0. The van der Waals surface area contributed by atoms with E-state index in [1.54, 1.807) is 29.8 Å². The summed E-state index contributed by atoms with van der Waals surface area (Å²) in [6.07, 6.45) is -6.81. The number of hydrogen-bond acceptors (Lipinski definition) is 9. The van der Waals surface area contributed by atoms with Gasteiger partial charge in [0.15, 0.2) is 5.13 Å². The second-order valence-corrected chi connectivity index (χ2v) is 9.67. The van der Waals surface area contributed by atoms with Crippen LogP contribution in [0.25, 0.3) is 21.3 Å². The number of carbonyl (C=O) groups excluding carboxylic acids is 2. The molecule has 2 amide bonds. The van der Waals surface area contributed by atoms with Crippen LogP contribution in [0.4, 0.5) is 24.3 Å². The summed E-state index contributed by atoms with van der Waals surface area (Å²) in [5.41, 5.74) is 1.94. The summed E-state index contributed by atoms with van der Waals surface area (Å²) in [6, 6.07) is 8.70. The first-order valence-corrected chi connectivity index (χ1v) is 12.1. The van der Waals surface area contributed by atoms with E-state index in [1.165, 1.54) is 23.1 Å². The lowest BCUT2D eigenvalue weighted by atomic mass is 10.2. The molecular formula is C23H21F3N6O5S. The highest BCUT2D eigenvalue weighted by molar-refractivity contribution is 7.22. The van der Waals surface area contributed by atoms with E-state index in [0.717, 1.165) is 11.3 Å². The van der Waals surface area contributed by atoms with Gasteiger partial charge in [-0.3, -0.25) is 9.59 Å². The highest BCUT2D eigenvalue weighted by Crippen LogP contribution is 2.33. The van der Waals surface area contributed by atoms with E-state index >= 15 is 0 Å². The Bertz CT molecular complexity index is 1530. The third-order valence-electron chi connectivity index (χ3n) is 5.97. The van der Waals surface area contributed by atoms with Crippen LogP contribution in [0, 0.1) is 0 Å². The molecule has 2 aromatic heterocycles. The quantitative estimate of drug-likeness (QED) is 0.286. The number of imidazole rings is 1. The number of β-amino-alcohol motifs (C(OH)–C–C–N with tert-alkyl or cyclic N) is 2. The Labute approximate surface area is 216 Å². The van der Waals surface area contributed by atoms with Crippen LogP contribution in [0.5, 0.6) is 5.75 Å². The van der Waals surface area contributed by atoms with Gasteiger partial charge in [0.05, 0.1) is 40.0 Å². The van der Waals surface area contributed by atoms with E-state index in [9.17, 15) is 33.0 Å². The van der Waals surface area contributed by atoms with Crippen LogP contribution >= 0.6 is 11.3 Å². The van der Waals surface area contributed by atoms with Gasteiger partial charge in [-0.25, -0.2) is 9.97 Å². The van der Waals surface area contributed by atoms with E-state index in [-0.39, 0.29) is 30.9 Å². The van der Waals surface area contributed by atoms with Crippen LogP contribution in [0.2, 0.25) is 0 Å². The summed E-state index contributed by atoms with van der Waals surface area (Å²) < 4.78 is 43.7. The molecule has 5 rings (SSSR count). The number of aliphatic hydroxyl groups is 2. The molecule has 3 heterocycles. The minimum atomic E-state index is -4.79. The topological polar surface area (TPSA) is 142 Å². The fourth-order valence-corrected chi connectivity index (χ4v) is 4.93.